The topological polar surface area (TPSA) is 117 Å². The van der Waals surface area contributed by atoms with Crippen LogP contribution in [0.1, 0.15) is 63.2 Å². The second kappa shape index (κ2) is 11.0. The number of rotatable bonds is 9. The van der Waals surface area contributed by atoms with Crippen LogP contribution in [0, 0.1) is 0 Å². The van der Waals surface area contributed by atoms with Crippen molar-refractivity contribution >= 4 is 16.9 Å². The molecular formula is C30H33N3O6. The van der Waals surface area contributed by atoms with Gasteiger partial charge in [0.15, 0.2) is 0 Å². The van der Waals surface area contributed by atoms with E-state index in [1.807, 2.05) is 30.3 Å². The fourth-order valence-electron chi connectivity index (χ4n) is 5.23. The maximum atomic E-state index is 13.7. The first-order chi connectivity index (χ1) is 18.8. The highest BCUT2D eigenvalue weighted by Crippen LogP contribution is 2.35. The fourth-order valence-corrected chi connectivity index (χ4v) is 5.23. The Morgan fingerprint density at radius 3 is 2.64 bits per heavy atom. The van der Waals surface area contributed by atoms with Crippen LogP contribution in [0.5, 0.6) is 5.75 Å². The Labute approximate surface area is 226 Å². The van der Waals surface area contributed by atoms with Crippen LogP contribution >= 0.6 is 0 Å². The van der Waals surface area contributed by atoms with Crippen LogP contribution in [0.3, 0.4) is 0 Å². The summed E-state index contributed by atoms with van der Waals surface area (Å²) in [5, 5.41) is 10.6. The average Bonchev–Trinajstić information content (AvgIpc) is 3.49. The standard InChI is InChI=1S/C30H33N3O6/c1-30(2,29(35)36)33-18-19(21-13-14-23(27-31-15-16-38-27)32-26(21)28(33)34)17-25(39-20-9-5-4-6-10-20)22-11-7-8-12-24(22)37-3/h7-8,11-16,18,20,25H,4-6,9-10,17H2,1-3H3,(H,35,36)/t25-/m0/s1. The van der Waals surface area contributed by atoms with E-state index in [2.05, 4.69) is 9.97 Å². The maximum Gasteiger partial charge on any atom is 0.329 e. The molecular weight excluding hydrogens is 498 g/mol. The van der Waals surface area contributed by atoms with Gasteiger partial charge in [-0.2, -0.15) is 0 Å². The van der Waals surface area contributed by atoms with Crippen molar-refractivity contribution in [2.45, 2.75) is 70.1 Å². The smallest absolute Gasteiger partial charge is 0.329 e. The van der Waals surface area contributed by atoms with E-state index >= 15 is 0 Å². The average molecular weight is 532 g/mol. The molecule has 1 aliphatic rings. The molecule has 3 aromatic heterocycles. The van der Waals surface area contributed by atoms with E-state index < -0.39 is 17.1 Å². The van der Waals surface area contributed by atoms with Gasteiger partial charge in [0.05, 0.1) is 25.5 Å². The van der Waals surface area contributed by atoms with Crippen LogP contribution in [0.15, 0.2) is 64.3 Å². The highest BCUT2D eigenvalue weighted by atomic mass is 16.5. The van der Waals surface area contributed by atoms with Crippen molar-refractivity contribution in [1.29, 1.82) is 0 Å². The molecule has 1 N–H and O–H groups in total. The van der Waals surface area contributed by atoms with E-state index in [9.17, 15) is 14.7 Å². The number of hydrogen-bond donors (Lipinski definition) is 1. The van der Waals surface area contributed by atoms with Crippen molar-refractivity contribution in [1.82, 2.24) is 14.5 Å². The summed E-state index contributed by atoms with van der Waals surface area (Å²) in [4.78, 5) is 34.6. The Morgan fingerprint density at radius 1 is 1.18 bits per heavy atom. The monoisotopic (exact) mass is 531 g/mol. The summed E-state index contributed by atoms with van der Waals surface area (Å²) in [6.07, 6.45) is 10.1. The largest absolute Gasteiger partial charge is 0.496 e. The molecule has 9 heteroatoms. The number of para-hydroxylation sites is 1. The van der Waals surface area contributed by atoms with E-state index in [0.717, 1.165) is 36.8 Å². The molecule has 0 bridgehead atoms. The van der Waals surface area contributed by atoms with Gasteiger partial charge in [0, 0.05) is 23.6 Å². The van der Waals surface area contributed by atoms with Gasteiger partial charge in [-0.1, -0.05) is 37.5 Å². The predicted molar refractivity (Wildman–Crippen MR) is 146 cm³/mol. The van der Waals surface area contributed by atoms with Crippen molar-refractivity contribution in [3.05, 3.63) is 76.5 Å². The molecule has 1 fully saturated rings. The summed E-state index contributed by atoms with van der Waals surface area (Å²) in [6.45, 7) is 3.00. The molecule has 5 rings (SSSR count). The summed E-state index contributed by atoms with van der Waals surface area (Å²) in [5.41, 5.74) is 0.173. The van der Waals surface area contributed by atoms with Crippen LogP contribution in [0.4, 0.5) is 0 Å². The van der Waals surface area contributed by atoms with Crippen molar-refractivity contribution < 1.29 is 23.8 Å². The van der Waals surface area contributed by atoms with Gasteiger partial charge in [-0.15, -0.1) is 0 Å². The molecule has 1 atom stereocenters. The summed E-state index contributed by atoms with van der Waals surface area (Å²) >= 11 is 0. The van der Waals surface area contributed by atoms with E-state index in [0.29, 0.717) is 23.3 Å². The van der Waals surface area contributed by atoms with Gasteiger partial charge in [-0.3, -0.25) is 9.36 Å². The number of nitrogens with zero attached hydrogens (tertiary/aromatic N) is 3. The second-order valence-electron chi connectivity index (χ2n) is 10.5. The number of oxazole rings is 1. The van der Waals surface area contributed by atoms with E-state index in [-0.39, 0.29) is 23.6 Å². The third-order valence-electron chi connectivity index (χ3n) is 7.52. The number of fused-ring (bicyclic) bond motifs is 1. The molecule has 0 saturated heterocycles. The van der Waals surface area contributed by atoms with Gasteiger partial charge in [-0.25, -0.2) is 14.8 Å². The Hall–Kier alpha value is -3.98. The molecule has 1 aliphatic carbocycles. The van der Waals surface area contributed by atoms with Crippen molar-refractivity contribution in [2.24, 2.45) is 0 Å². The Balaban J connectivity index is 1.67. The molecule has 0 radical (unpaired) electrons. The summed E-state index contributed by atoms with van der Waals surface area (Å²) < 4.78 is 19.1. The molecule has 0 unspecified atom stereocenters. The van der Waals surface area contributed by atoms with E-state index in [1.54, 1.807) is 19.4 Å². The first-order valence-electron chi connectivity index (χ1n) is 13.3. The Morgan fingerprint density at radius 2 is 1.95 bits per heavy atom. The van der Waals surface area contributed by atoms with Crippen LogP contribution in [-0.2, 0) is 21.5 Å². The minimum Gasteiger partial charge on any atom is -0.496 e. The number of carboxylic acid groups (broad SMARTS) is 1. The van der Waals surface area contributed by atoms with Crippen LogP contribution in [0.25, 0.3) is 22.5 Å². The zero-order valence-electron chi connectivity index (χ0n) is 22.4. The molecule has 0 aliphatic heterocycles. The van der Waals surface area contributed by atoms with Crippen molar-refractivity contribution in [3.63, 3.8) is 0 Å². The molecule has 4 aromatic rings. The lowest BCUT2D eigenvalue weighted by Crippen LogP contribution is -2.43. The second-order valence-corrected chi connectivity index (χ2v) is 10.5. The number of aliphatic carboxylic acids is 1. The summed E-state index contributed by atoms with van der Waals surface area (Å²) in [6, 6.07) is 11.3. The van der Waals surface area contributed by atoms with Crippen LogP contribution in [0.2, 0.25) is 0 Å². The zero-order chi connectivity index (χ0) is 27.6. The molecule has 1 saturated carbocycles. The lowest BCUT2D eigenvalue weighted by atomic mass is 9.95. The number of methoxy groups -OCH3 is 1. The third kappa shape index (κ3) is 5.31. The lowest BCUT2D eigenvalue weighted by Gasteiger charge is -2.30. The number of pyridine rings is 2. The normalized spacial score (nSPS) is 15.4. The SMILES string of the molecule is COc1ccccc1[C@H](Cc1cn(C(C)(C)C(=O)O)c(=O)c2nc(-c3ncco3)ccc12)OC1CCCCC1. The molecule has 0 amide bonds. The molecule has 204 valence electrons. The molecule has 1 aromatic carbocycles. The van der Waals surface area contributed by atoms with Gasteiger partial charge in [-0.05, 0) is 50.5 Å². The first-order valence-corrected chi connectivity index (χ1v) is 13.3. The number of carboxylic acids is 1. The maximum absolute atomic E-state index is 13.7. The lowest BCUT2D eigenvalue weighted by molar-refractivity contribution is -0.145. The first kappa shape index (κ1) is 26.6. The highest BCUT2D eigenvalue weighted by molar-refractivity contribution is 5.84. The van der Waals surface area contributed by atoms with E-state index in [4.69, 9.17) is 13.9 Å². The summed E-state index contributed by atoms with van der Waals surface area (Å²) in [5.74, 6) is -0.136. The van der Waals surface area contributed by atoms with Gasteiger partial charge in [0.2, 0.25) is 5.89 Å². The highest BCUT2D eigenvalue weighted by Gasteiger charge is 2.33. The number of aromatic nitrogens is 3. The number of carbonyl (C=O) groups is 1. The summed E-state index contributed by atoms with van der Waals surface area (Å²) in [7, 11) is 1.63. The van der Waals surface area contributed by atoms with Gasteiger partial charge < -0.3 is 19.0 Å². The molecule has 9 nitrogen and oxygen atoms in total. The Kier molecular flexibility index (Phi) is 7.52. The van der Waals surface area contributed by atoms with Crippen LogP contribution < -0.4 is 10.3 Å². The van der Waals surface area contributed by atoms with Gasteiger partial charge in [0.1, 0.15) is 28.8 Å². The van der Waals surface area contributed by atoms with Crippen molar-refractivity contribution in [2.75, 3.05) is 7.11 Å². The van der Waals surface area contributed by atoms with Gasteiger partial charge >= 0.3 is 5.97 Å². The molecule has 39 heavy (non-hydrogen) atoms. The minimum atomic E-state index is -1.51. The fraction of sp³-hybridized carbons (Fsp3) is 0.400. The van der Waals surface area contributed by atoms with E-state index in [1.165, 1.54) is 37.3 Å². The zero-order valence-corrected chi connectivity index (χ0v) is 22.4. The molecule has 3 heterocycles. The van der Waals surface area contributed by atoms with Crippen LogP contribution in [-0.4, -0.2) is 38.8 Å². The third-order valence-corrected chi connectivity index (χ3v) is 7.52. The number of hydrogen-bond acceptors (Lipinski definition) is 7. The minimum absolute atomic E-state index is 0.107. The Bertz CT molecular complexity index is 1520. The molecule has 0 spiro atoms. The van der Waals surface area contributed by atoms with Crippen molar-refractivity contribution in [3.8, 4) is 17.3 Å². The number of benzene rings is 1. The quantitative estimate of drug-likeness (QED) is 0.300. The number of ether oxygens (including phenoxy) is 2. The predicted octanol–water partition coefficient (Wildman–Crippen LogP) is 5.51. The van der Waals surface area contributed by atoms with Gasteiger partial charge in [0.25, 0.3) is 5.56 Å².